The number of aliphatic hydroxyl groups is 1. The van der Waals surface area contributed by atoms with Gasteiger partial charge in [0.2, 0.25) is 5.88 Å². The van der Waals surface area contributed by atoms with Gasteiger partial charge in [-0.2, -0.15) is 0 Å². The number of likely N-dealkylation sites (tertiary alicyclic amines) is 1. The zero-order valence-corrected chi connectivity index (χ0v) is 13.3. The van der Waals surface area contributed by atoms with E-state index in [1.54, 1.807) is 6.20 Å². The van der Waals surface area contributed by atoms with Crippen LogP contribution in [0.4, 0.5) is 0 Å². The summed E-state index contributed by atoms with van der Waals surface area (Å²) >= 11 is 0. The van der Waals surface area contributed by atoms with Crippen LogP contribution < -0.4 is 4.74 Å². The van der Waals surface area contributed by atoms with Crippen LogP contribution in [-0.2, 0) is 4.74 Å². The first-order valence-corrected chi connectivity index (χ1v) is 8.31. The van der Waals surface area contributed by atoms with E-state index in [1.165, 1.54) is 5.56 Å². The third-order valence-corrected chi connectivity index (χ3v) is 4.57. The molecule has 1 aromatic rings. The maximum atomic E-state index is 8.95. The molecule has 1 saturated carbocycles. The van der Waals surface area contributed by atoms with Crippen molar-refractivity contribution >= 4 is 0 Å². The molecule has 0 bridgehead atoms. The standard InChI is InChI=1S/C17H26N2O3/c1-13-2-5-18-17(10-13)22-16-11-15(12-16)21-14-3-6-19(7-4-14)8-9-20/h2,5,10,14-16,20H,3-4,6-9,11-12H2,1H3/t15-,16-. The van der Waals surface area contributed by atoms with Crippen molar-refractivity contribution in [3.05, 3.63) is 23.9 Å². The number of aromatic nitrogens is 1. The lowest BCUT2D eigenvalue weighted by Gasteiger charge is -2.39. The Labute approximate surface area is 132 Å². The van der Waals surface area contributed by atoms with E-state index in [2.05, 4.69) is 9.88 Å². The molecule has 2 heterocycles. The van der Waals surface area contributed by atoms with E-state index >= 15 is 0 Å². The highest BCUT2D eigenvalue weighted by molar-refractivity contribution is 5.19. The Hall–Kier alpha value is -1.17. The molecule has 2 fully saturated rings. The predicted octanol–water partition coefficient (Wildman–Crippen LogP) is 1.77. The Bertz CT molecular complexity index is 469. The lowest BCUT2D eigenvalue weighted by molar-refractivity contribution is -0.111. The van der Waals surface area contributed by atoms with Crippen LogP contribution in [0.2, 0.25) is 0 Å². The Morgan fingerprint density at radius 2 is 2.00 bits per heavy atom. The summed E-state index contributed by atoms with van der Waals surface area (Å²) in [5, 5.41) is 8.95. The van der Waals surface area contributed by atoms with Gasteiger partial charge in [0.25, 0.3) is 0 Å². The third-order valence-electron chi connectivity index (χ3n) is 4.57. The normalized spacial score (nSPS) is 26.6. The van der Waals surface area contributed by atoms with Gasteiger partial charge in [0.1, 0.15) is 6.10 Å². The van der Waals surface area contributed by atoms with Crippen LogP contribution in [-0.4, -0.2) is 59.5 Å². The van der Waals surface area contributed by atoms with Crippen molar-refractivity contribution in [2.24, 2.45) is 0 Å². The highest BCUT2D eigenvalue weighted by Crippen LogP contribution is 2.30. The van der Waals surface area contributed by atoms with Gasteiger partial charge in [0.05, 0.1) is 18.8 Å². The molecule has 22 heavy (non-hydrogen) atoms. The van der Waals surface area contributed by atoms with Crippen LogP contribution in [0.3, 0.4) is 0 Å². The van der Waals surface area contributed by atoms with Crippen molar-refractivity contribution in [1.82, 2.24) is 9.88 Å². The number of aryl methyl sites for hydroxylation is 1. The summed E-state index contributed by atoms with van der Waals surface area (Å²) in [7, 11) is 0. The molecule has 1 aliphatic heterocycles. The van der Waals surface area contributed by atoms with E-state index in [1.807, 2.05) is 19.1 Å². The number of nitrogens with zero attached hydrogens (tertiary/aromatic N) is 2. The Morgan fingerprint density at radius 1 is 1.23 bits per heavy atom. The predicted molar refractivity (Wildman–Crippen MR) is 84.0 cm³/mol. The Kier molecular flexibility index (Phi) is 5.28. The molecule has 0 unspecified atom stereocenters. The average Bonchev–Trinajstić information content (AvgIpc) is 2.47. The molecule has 1 N–H and O–H groups in total. The van der Waals surface area contributed by atoms with Gasteiger partial charge in [-0.3, -0.25) is 0 Å². The van der Waals surface area contributed by atoms with Gasteiger partial charge >= 0.3 is 0 Å². The second-order valence-electron chi connectivity index (χ2n) is 6.41. The van der Waals surface area contributed by atoms with E-state index in [0.29, 0.717) is 12.2 Å². The number of hydrogen-bond donors (Lipinski definition) is 1. The fourth-order valence-corrected chi connectivity index (χ4v) is 3.15. The summed E-state index contributed by atoms with van der Waals surface area (Å²) in [6.45, 7) is 5.15. The highest BCUT2D eigenvalue weighted by atomic mass is 16.5. The first-order valence-electron chi connectivity index (χ1n) is 8.31. The molecule has 0 atom stereocenters. The summed E-state index contributed by atoms with van der Waals surface area (Å²) in [4.78, 5) is 6.54. The second-order valence-corrected chi connectivity index (χ2v) is 6.41. The molecule has 2 aliphatic rings. The number of aliphatic hydroxyl groups excluding tert-OH is 1. The number of hydrogen-bond acceptors (Lipinski definition) is 5. The first kappa shape index (κ1) is 15.7. The van der Waals surface area contributed by atoms with Crippen LogP contribution in [0, 0.1) is 6.92 Å². The molecule has 5 heteroatoms. The monoisotopic (exact) mass is 306 g/mol. The fraction of sp³-hybridized carbons (Fsp3) is 0.706. The maximum absolute atomic E-state index is 8.95. The van der Waals surface area contributed by atoms with Gasteiger partial charge in [-0.25, -0.2) is 4.98 Å². The van der Waals surface area contributed by atoms with Crippen LogP contribution in [0.1, 0.15) is 31.2 Å². The Balaban J connectivity index is 1.34. The van der Waals surface area contributed by atoms with Crippen molar-refractivity contribution in [2.45, 2.75) is 50.9 Å². The van der Waals surface area contributed by atoms with Crippen molar-refractivity contribution in [3.63, 3.8) is 0 Å². The largest absolute Gasteiger partial charge is 0.474 e. The molecule has 0 amide bonds. The third kappa shape index (κ3) is 4.18. The minimum absolute atomic E-state index is 0.244. The van der Waals surface area contributed by atoms with Crippen molar-refractivity contribution in [1.29, 1.82) is 0 Å². The van der Waals surface area contributed by atoms with Crippen LogP contribution in [0.15, 0.2) is 18.3 Å². The van der Waals surface area contributed by atoms with Crippen LogP contribution in [0.5, 0.6) is 5.88 Å². The molecular weight excluding hydrogens is 280 g/mol. The molecular formula is C17H26N2O3. The van der Waals surface area contributed by atoms with Crippen molar-refractivity contribution < 1.29 is 14.6 Å². The highest BCUT2D eigenvalue weighted by Gasteiger charge is 2.34. The van der Waals surface area contributed by atoms with Crippen LogP contribution in [0.25, 0.3) is 0 Å². The first-order chi connectivity index (χ1) is 10.7. The molecule has 0 radical (unpaired) electrons. The lowest BCUT2D eigenvalue weighted by Crippen LogP contribution is -2.45. The minimum atomic E-state index is 0.244. The number of ether oxygens (including phenoxy) is 2. The van der Waals surface area contributed by atoms with Gasteiger partial charge in [0.15, 0.2) is 0 Å². The van der Waals surface area contributed by atoms with Crippen molar-refractivity contribution in [3.8, 4) is 5.88 Å². The smallest absolute Gasteiger partial charge is 0.213 e. The lowest BCUT2D eigenvalue weighted by atomic mass is 9.91. The summed E-state index contributed by atoms with van der Waals surface area (Å²) in [6, 6.07) is 3.95. The molecule has 1 aliphatic carbocycles. The van der Waals surface area contributed by atoms with Crippen LogP contribution >= 0.6 is 0 Å². The SMILES string of the molecule is Cc1ccnc(O[C@H]2C[C@H](OC3CCN(CCO)CC3)C2)c1. The van der Waals surface area contributed by atoms with E-state index in [-0.39, 0.29) is 12.7 Å². The van der Waals surface area contributed by atoms with Gasteiger partial charge in [-0.1, -0.05) is 0 Å². The van der Waals surface area contributed by atoms with Crippen molar-refractivity contribution in [2.75, 3.05) is 26.2 Å². The molecule has 0 spiro atoms. The number of pyridine rings is 1. The second kappa shape index (κ2) is 7.40. The van der Waals surface area contributed by atoms with Gasteiger partial charge in [0, 0.05) is 44.7 Å². The number of β-amino-alcohol motifs (C(OH)–C–C–N with tert-alkyl or cyclic N) is 1. The van der Waals surface area contributed by atoms with Gasteiger partial charge in [-0.15, -0.1) is 0 Å². The van der Waals surface area contributed by atoms with Gasteiger partial charge < -0.3 is 19.5 Å². The zero-order chi connectivity index (χ0) is 15.4. The van der Waals surface area contributed by atoms with E-state index < -0.39 is 0 Å². The summed E-state index contributed by atoms with van der Waals surface area (Å²) in [5.41, 5.74) is 1.17. The number of piperidine rings is 1. The van der Waals surface area contributed by atoms with Gasteiger partial charge in [-0.05, 0) is 31.4 Å². The fourth-order valence-electron chi connectivity index (χ4n) is 3.15. The molecule has 5 nitrogen and oxygen atoms in total. The molecule has 1 saturated heterocycles. The molecule has 122 valence electrons. The summed E-state index contributed by atoms with van der Waals surface area (Å²) in [5.74, 6) is 0.723. The maximum Gasteiger partial charge on any atom is 0.213 e. The van der Waals surface area contributed by atoms with E-state index in [9.17, 15) is 0 Å². The van der Waals surface area contributed by atoms with E-state index in [0.717, 1.165) is 51.2 Å². The topological polar surface area (TPSA) is 54.8 Å². The average molecular weight is 306 g/mol. The number of rotatable bonds is 6. The summed E-state index contributed by atoms with van der Waals surface area (Å²) < 4.78 is 12.0. The molecule has 1 aromatic heterocycles. The Morgan fingerprint density at radius 3 is 2.68 bits per heavy atom. The summed E-state index contributed by atoms with van der Waals surface area (Å²) in [6.07, 6.45) is 6.82. The molecule has 3 rings (SSSR count). The molecule has 0 aromatic carbocycles. The zero-order valence-electron chi connectivity index (χ0n) is 13.3. The van der Waals surface area contributed by atoms with E-state index in [4.69, 9.17) is 14.6 Å². The minimum Gasteiger partial charge on any atom is -0.474 e. The quantitative estimate of drug-likeness (QED) is 0.868.